The zero-order chi connectivity index (χ0) is 14.2. The average molecular weight is 386 g/mol. The second kappa shape index (κ2) is 5.33. The lowest BCUT2D eigenvalue weighted by Gasteiger charge is -2.30. The lowest BCUT2D eigenvalue weighted by Crippen LogP contribution is -2.31. The van der Waals surface area contributed by atoms with E-state index in [9.17, 15) is 5.11 Å². The zero-order valence-corrected chi connectivity index (χ0v) is 13.3. The first-order valence-corrected chi connectivity index (χ1v) is 7.63. The molecule has 0 bridgehead atoms. The number of phenolic OH excluding ortho intramolecular Hbond substituents is 1. The van der Waals surface area contributed by atoms with E-state index in [-0.39, 0.29) is 5.75 Å². The Kier molecular flexibility index (Phi) is 3.68. The number of hydrogen-bond donors (Lipinski definition) is 1. The topological polar surface area (TPSA) is 68.4 Å². The van der Waals surface area contributed by atoms with Crippen molar-refractivity contribution >= 4 is 22.6 Å². The van der Waals surface area contributed by atoms with Gasteiger partial charge >= 0.3 is 0 Å². The number of ether oxygens (including phenoxy) is 1. The van der Waals surface area contributed by atoms with Gasteiger partial charge in [-0.1, -0.05) is 5.16 Å². The molecule has 5 nitrogen and oxygen atoms in total. The van der Waals surface area contributed by atoms with E-state index in [4.69, 9.17) is 9.26 Å². The number of aromatic hydroxyl groups is 1. The molecule has 1 fully saturated rings. The predicted molar refractivity (Wildman–Crippen MR) is 81.3 cm³/mol. The van der Waals surface area contributed by atoms with Crippen LogP contribution in [0.1, 0.15) is 32.0 Å². The van der Waals surface area contributed by atoms with Gasteiger partial charge in [0.2, 0.25) is 5.82 Å². The van der Waals surface area contributed by atoms with Gasteiger partial charge in [0.05, 0.1) is 5.56 Å². The molecule has 1 aromatic heterocycles. The first kappa shape index (κ1) is 13.8. The summed E-state index contributed by atoms with van der Waals surface area (Å²) < 4.78 is 12.1. The Labute approximate surface area is 130 Å². The Bertz CT molecular complexity index is 621. The summed E-state index contributed by atoms with van der Waals surface area (Å²) >= 11 is 2.18. The van der Waals surface area contributed by atoms with E-state index < -0.39 is 5.60 Å². The van der Waals surface area contributed by atoms with Crippen LogP contribution >= 0.6 is 22.6 Å². The van der Waals surface area contributed by atoms with Crippen LogP contribution in [-0.2, 0) is 10.3 Å². The quantitative estimate of drug-likeness (QED) is 0.801. The standard InChI is InChI=1S/C14H15IN2O3/c1-14(6-2-3-7-19-14)13-16-12(20-17-13)10-8-9(15)4-5-11(10)18/h4-5,8,18H,2-3,6-7H2,1H3. The molecular weight excluding hydrogens is 371 g/mol. The Morgan fingerprint density at radius 1 is 1.35 bits per heavy atom. The van der Waals surface area contributed by atoms with Gasteiger partial charge in [-0.2, -0.15) is 4.98 Å². The zero-order valence-electron chi connectivity index (χ0n) is 11.1. The third-order valence-corrected chi connectivity index (χ3v) is 4.23. The van der Waals surface area contributed by atoms with Crippen LogP contribution in [0.3, 0.4) is 0 Å². The summed E-state index contributed by atoms with van der Waals surface area (Å²) in [5.74, 6) is 1.01. The summed E-state index contributed by atoms with van der Waals surface area (Å²) in [5.41, 5.74) is 0.0624. The number of benzene rings is 1. The maximum Gasteiger partial charge on any atom is 0.261 e. The summed E-state index contributed by atoms with van der Waals surface area (Å²) in [6.45, 7) is 2.70. The van der Waals surface area contributed by atoms with Crippen LogP contribution in [0.5, 0.6) is 5.75 Å². The van der Waals surface area contributed by atoms with Crippen LogP contribution in [0.2, 0.25) is 0 Å². The van der Waals surface area contributed by atoms with Gasteiger partial charge in [-0.3, -0.25) is 0 Å². The van der Waals surface area contributed by atoms with Gasteiger partial charge in [-0.15, -0.1) is 0 Å². The number of halogens is 1. The number of rotatable bonds is 2. The molecule has 1 aliphatic heterocycles. The van der Waals surface area contributed by atoms with Crippen LogP contribution < -0.4 is 0 Å². The maximum absolute atomic E-state index is 9.91. The molecule has 0 saturated carbocycles. The van der Waals surface area contributed by atoms with E-state index in [2.05, 4.69) is 32.7 Å². The largest absolute Gasteiger partial charge is 0.507 e. The molecule has 1 aliphatic rings. The Hall–Kier alpha value is -1.15. The van der Waals surface area contributed by atoms with Crippen molar-refractivity contribution in [1.82, 2.24) is 10.1 Å². The molecule has 2 aromatic rings. The minimum absolute atomic E-state index is 0.135. The normalized spacial score (nSPS) is 22.9. The molecule has 0 spiro atoms. The molecule has 1 N–H and O–H groups in total. The van der Waals surface area contributed by atoms with Crippen molar-refractivity contribution in [2.45, 2.75) is 31.8 Å². The van der Waals surface area contributed by atoms with Gasteiger partial charge in [-0.05, 0) is 67.0 Å². The Morgan fingerprint density at radius 2 is 2.20 bits per heavy atom. The average Bonchev–Trinajstić information content (AvgIpc) is 2.93. The fraction of sp³-hybridized carbons (Fsp3) is 0.429. The minimum atomic E-state index is -0.489. The van der Waals surface area contributed by atoms with Gasteiger partial charge in [-0.25, -0.2) is 0 Å². The summed E-state index contributed by atoms with van der Waals surface area (Å²) in [6, 6.07) is 5.26. The molecular formula is C14H15IN2O3. The highest BCUT2D eigenvalue weighted by Gasteiger charge is 2.35. The van der Waals surface area contributed by atoms with Crippen LogP contribution in [0.4, 0.5) is 0 Å². The molecule has 1 atom stereocenters. The Balaban J connectivity index is 1.95. The van der Waals surface area contributed by atoms with Crippen molar-refractivity contribution in [1.29, 1.82) is 0 Å². The van der Waals surface area contributed by atoms with Gasteiger partial charge in [0.1, 0.15) is 11.4 Å². The van der Waals surface area contributed by atoms with Crippen molar-refractivity contribution in [3.05, 3.63) is 27.6 Å². The molecule has 2 heterocycles. The predicted octanol–water partition coefficient (Wildman–Crippen LogP) is 3.46. The van der Waals surface area contributed by atoms with Crippen molar-refractivity contribution in [3.8, 4) is 17.2 Å². The highest BCUT2D eigenvalue weighted by molar-refractivity contribution is 14.1. The van der Waals surface area contributed by atoms with Crippen LogP contribution in [-0.4, -0.2) is 21.9 Å². The third-order valence-electron chi connectivity index (χ3n) is 3.56. The highest BCUT2D eigenvalue weighted by Crippen LogP contribution is 2.35. The van der Waals surface area contributed by atoms with Crippen molar-refractivity contribution in [2.24, 2.45) is 0 Å². The second-order valence-electron chi connectivity index (χ2n) is 5.12. The SMILES string of the molecule is CC1(c2noc(-c3cc(I)ccc3O)n2)CCCCO1. The van der Waals surface area contributed by atoms with Crippen LogP contribution in [0.25, 0.3) is 11.5 Å². The molecule has 1 aromatic carbocycles. The molecule has 106 valence electrons. The van der Waals surface area contributed by atoms with Crippen LogP contribution in [0, 0.1) is 3.57 Å². The van der Waals surface area contributed by atoms with Gasteiger partial charge in [0, 0.05) is 10.2 Å². The smallest absolute Gasteiger partial charge is 0.261 e. The van der Waals surface area contributed by atoms with Gasteiger partial charge in [0.25, 0.3) is 5.89 Å². The van der Waals surface area contributed by atoms with Crippen molar-refractivity contribution < 1.29 is 14.4 Å². The number of hydrogen-bond acceptors (Lipinski definition) is 5. The lowest BCUT2D eigenvalue weighted by molar-refractivity contribution is -0.0770. The summed E-state index contributed by atoms with van der Waals surface area (Å²) in [6.07, 6.45) is 3.04. The maximum atomic E-state index is 9.91. The second-order valence-corrected chi connectivity index (χ2v) is 6.37. The number of aromatic nitrogens is 2. The van der Waals surface area contributed by atoms with Crippen LogP contribution in [0.15, 0.2) is 22.7 Å². The van der Waals surface area contributed by atoms with E-state index in [1.54, 1.807) is 6.07 Å². The monoisotopic (exact) mass is 386 g/mol. The Morgan fingerprint density at radius 3 is 2.95 bits per heavy atom. The molecule has 0 amide bonds. The highest BCUT2D eigenvalue weighted by atomic mass is 127. The number of nitrogens with zero attached hydrogens (tertiary/aromatic N) is 2. The van der Waals surface area contributed by atoms with Crippen molar-refractivity contribution in [2.75, 3.05) is 6.61 Å². The van der Waals surface area contributed by atoms with Gasteiger partial charge < -0.3 is 14.4 Å². The van der Waals surface area contributed by atoms with Crippen molar-refractivity contribution in [3.63, 3.8) is 0 Å². The first-order chi connectivity index (χ1) is 9.58. The summed E-state index contributed by atoms with van der Waals surface area (Å²) in [4.78, 5) is 4.41. The lowest BCUT2D eigenvalue weighted by atomic mass is 9.95. The van der Waals surface area contributed by atoms with E-state index in [1.165, 1.54) is 0 Å². The third kappa shape index (κ3) is 2.54. The fourth-order valence-electron chi connectivity index (χ4n) is 2.34. The number of phenols is 1. The molecule has 0 aliphatic carbocycles. The fourth-order valence-corrected chi connectivity index (χ4v) is 2.83. The molecule has 0 radical (unpaired) electrons. The summed E-state index contributed by atoms with van der Waals surface area (Å²) in [5, 5.41) is 13.9. The molecule has 3 rings (SSSR count). The molecule has 20 heavy (non-hydrogen) atoms. The minimum Gasteiger partial charge on any atom is -0.507 e. The molecule has 1 unspecified atom stereocenters. The van der Waals surface area contributed by atoms with E-state index in [0.29, 0.717) is 17.3 Å². The molecule has 1 saturated heterocycles. The van der Waals surface area contributed by atoms with E-state index in [0.717, 1.165) is 29.4 Å². The summed E-state index contributed by atoms with van der Waals surface area (Å²) in [7, 11) is 0. The molecule has 6 heteroatoms. The van der Waals surface area contributed by atoms with E-state index in [1.807, 2.05) is 19.1 Å². The first-order valence-electron chi connectivity index (χ1n) is 6.55. The van der Waals surface area contributed by atoms with Gasteiger partial charge in [0.15, 0.2) is 0 Å². The van der Waals surface area contributed by atoms with E-state index >= 15 is 0 Å².